The molecule has 1 unspecified atom stereocenters. The lowest BCUT2D eigenvalue weighted by atomic mass is 10.1. The number of benzene rings is 1. The highest BCUT2D eigenvalue weighted by Crippen LogP contribution is 2.32. The second kappa shape index (κ2) is 4.65. The first-order valence-electron chi connectivity index (χ1n) is 4.86. The lowest BCUT2D eigenvalue weighted by molar-refractivity contribution is -0.275. The van der Waals surface area contributed by atoms with Crippen LogP contribution < -0.4 is 4.74 Å². The Bertz CT molecular complexity index is 513. The Kier molecular flexibility index (Phi) is 3.19. The van der Waals surface area contributed by atoms with Gasteiger partial charge in [-0.3, -0.25) is 0 Å². The number of halogens is 3. The van der Waals surface area contributed by atoms with Gasteiger partial charge in [0.15, 0.2) is 0 Å². The molecule has 2 N–H and O–H groups in total. The Balaban J connectivity index is 2.33. The SMILES string of the molecule is OC(c1cn[nH]n1)c1ccccc1OC(F)(F)F. The molecule has 8 heteroatoms. The monoisotopic (exact) mass is 259 g/mol. The maximum atomic E-state index is 12.2. The van der Waals surface area contributed by atoms with Gasteiger partial charge in [-0.1, -0.05) is 18.2 Å². The molecule has 5 nitrogen and oxygen atoms in total. The number of nitrogens with zero attached hydrogens (tertiary/aromatic N) is 2. The maximum Gasteiger partial charge on any atom is 0.573 e. The highest BCUT2D eigenvalue weighted by Gasteiger charge is 2.33. The minimum Gasteiger partial charge on any atom is -0.405 e. The predicted molar refractivity (Wildman–Crippen MR) is 53.6 cm³/mol. The summed E-state index contributed by atoms with van der Waals surface area (Å²) in [6, 6.07) is 5.30. The fraction of sp³-hybridized carbons (Fsp3) is 0.200. The van der Waals surface area contributed by atoms with Gasteiger partial charge in [0.2, 0.25) is 0 Å². The molecule has 96 valence electrons. The van der Waals surface area contributed by atoms with Crippen LogP contribution in [0.1, 0.15) is 17.4 Å². The summed E-state index contributed by atoms with van der Waals surface area (Å²) in [6.07, 6.45) is -4.95. The summed E-state index contributed by atoms with van der Waals surface area (Å²) in [5.41, 5.74) is 0.0666. The highest BCUT2D eigenvalue weighted by molar-refractivity contribution is 5.38. The molecule has 2 aromatic rings. The van der Waals surface area contributed by atoms with E-state index in [0.717, 1.165) is 6.07 Å². The molecule has 0 aliphatic carbocycles. The van der Waals surface area contributed by atoms with Crippen LogP contribution in [0.15, 0.2) is 30.5 Å². The number of aromatic amines is 1. The van der Waals surface area contributed by atoms with Crippen LogP contribution in [-0.4, -0.2) is 26.9 Å². The molecule has 0 spiro atoms. The van der Waals surface area contributed by atoms with Gasteiger partial charge in [-0.25, -0.2) is 0 Å². The maximum absolute atomic E-state index is 12.2. The summed E-state index contributed by atoms with van der Waals surface area (Å²) in [4.78, 5) is 0. The molecule has 0 bridgehead atoms. The van der Waals surface area contributed by atoms with Crippen molar-refractivity contribution in [2.45, 2.75) is 12.5 Å². The number of rotatable bonds is 3. The summed E-state index contributed by atoms with van der Waals surface area (Å²) in [5, 5.41) is 19.2. The number of hydrogen-bond donors (Lipinski definition) is 2. The Labute approximate surface area is 99.2 Å². The van der Waals surface area contributed by atoms with Crippen LogP contribution in [0.4, 0.5) is 13.2 Å². The summed E-state index contributed by atoms with van der Waals surface area (Å²) in [7, 11) is 0. The number of H-pyrrole nitrogens is 1. The molecule has 1 aromatic carbocycles. The van der Waals surface area contributed by atoms with Gasteiger partial charge >= 0.3 is 6.36 Å². The first-order valence-corrected chi connectivity index (χ1v) is 4.86. The average molecular weight is 259 g/mol. The molecule has 0 aliphatic heterocycles. The summed E-state index contributed by atoms with van der Waals surface area (Å²) in [6.45, 7) is 0. The molecule has 0 aliphatic rings. The molecule has 1 aromatic heterocycles. The second-order valence-corrected chi connectivity index (χ2v) is 3.38. The zero-order chi connectivity index (χ0) is 13.2. The minimum atomic E-state index is -4.82. The second-order valence-electron chi connectivity index (χ2n) is 3.38. The number of hydrogen-bond acceptors (Lipinski definition) is 4. The quantitative estimate of drug-likeness (QED) is 0.881. The van der Waals surface area contributed by atoms with E-state index >= 15 is 0 Å². The fourth-order valence-corrected chi connectivity index (χ4v) is 1.43. The molecule has 1 heterocycles. The van der Waals surface area contributed by atoms with Crippen molar-refractivity contribution < 1.29 is 23.0 Å². The Hall–Kier alpha value is -2.09. The topological polar surface area (TPSA) is 71.0 Å². The third-order valence-electron chi connectivity index (χ3n) is 2.15. The molecule has 0 saturated carbocycles. The van der Waals surface area contributed by atoms with Crippen molar-refractivity contribution in [2.75, 3.05) is 0 Å². The number of aromatic nitrogens is 3. The molecule has 0 radical (unpaired) electrons. The molecule has 0 amide bonds. The van der Waals surface area contributed by atoms with E-state index in [1.54, 1.807) is 0 Å². The molecule has 2 rings (SSSR count). The standard InChI is InChI=1S/C10H8F3N3O2/c11-10(12,13)18-8-4-2-1-3-6(8)9(17)7-5-14-16-15-7/h1-5,9,17H,(H,14,15,16). The minimum absolute atomic E-state index is 0.0382. The zero-order valence-electron chi connectivity index (χ0n) is 8.85. The van der Waals surface area contributed by atoms with E-state index in [2.05, 4.69) is 20.1 Å². The summed E-state index contributed by atoms with van der Waals surface area (Å²) >= 11 is 0. The van der Waals surface area contributed by atoms with Crippen molar-refractivity contribution in [2.24, 2.45) is 0 Å². The van der Waals surface area contributed by atoms with Crippen molar-refractivity contribution in [1.29, 1.82) is 0 Å². The number of aliphatic hydroxyl groups is 1. The van der Waals surface area contributed by atoms with Gasteiger partial charge in [0.05, 0.1) is 6.20 Å². The normalized spacial score (nSPS) is 13.3. The third kappa shape index (κ3) is 2.77. The van der Waals surface area contributed by atoms with E-state index in [4.69, 9.17) is 0 Å². The van der Waals surface area contributed by atoms with Gasteiger partial charge in [-0.05, 0) is 6.07 Å². The first-order chi connectivity index (χ1) is 8.47. The molecule has 0 fully saturated rings. The van der Waals surface area contributed by atoms with E-state index in [1.807, 2.05) is 0 Å². The Morgan fingerprint density at radius 2 is 2.00 bits per heavy atom. The Morgan fingerprint density at radius 1 is 1.28 bits per heavy atom. The predicted octanol–water partition coefficient (Wildman–Crippen LogP) is 1.78. The van der Waals surface area contributed by atoms with Crippen molar-refractivity contribution in [1.82, 2.24) is 15.4 Å². The van der Waals surface area contributed by atoms with Crippen LogP contribution >= 0.6 is 0 Å². The Morgan fingerprint density at radius 3 is 2.61 bits per heavy atom. The largest absolute Gasteiger partial charge is 0.573 e. The van der Waals surface area contributed by atoms with Crippen molar-refractivity contribution in [3.63, 3.8) is 0 Å². The van der Waals surface area contributed by atoms with Crippen LogP contribution in [0.3, 0.4) is 0 Å². The number of alkyl halides is 3. The zero-order valence-corrected chi connectivity index (χ0v) is 8.85. The van der Waals surface area contributed by atoms with Crippen molar-refractivity contribution in [3.05, 3.63) is 41.7 Å². The van der Waals surface area contributed by atoms with E-state index < -0.39 is 18.2 Å². The van der Waals surface area contributed by atoms with Crippen LogP contribution in [0, 0.1) is 0 Å². The van der Waals surface area contributed by atoms with Gasteiger partial charge < -0.3 is 9.84 Å². The lowest BCUT2D eigenvalue weighted by Crippen LogP contribution is -2.18. The molecular formula is C10H8F3N3O2. The first kappa shape index (κ1) is 12.4. The fourth-order valence-electron chi connectivity index (χ4n) is 1.43. The van der Waals surface area contributed by atoms with Crippen LogP contribution in [0.25, 0.3) is 0 Å². The lowest BCUT2D eigenvalue weighted by Gasteiger charge is -2.15. The molecule has 0 saturated heterocycles. The van der Waals surface area contributed by atoms with Crippen molar-refractivity contribution in [3.8, 4) is 5.75 Å². The van der Waals surface area contributed by atoms with Gasteiger partial charge in [0, 0.05) is 5.56 Å². The van der Waals surface area contributed by atoms with Crippen LogP contribution in [0.2, 0.25) is 0 Å². The number of para-hydroxylation sites is 1. The van der Waals surface area contributed by atoms with Gasteiger partial charge in [-0.2, -0.15) is 15.4 Å². The van der Waals surface area contributed by atoms with E-state index in [0.29, 0.717) is 0 Å². The molecular weight excluding hydrogens is 251 g/mol. The van der Waals surface area contributed by atoms with Gasteiger partial charge in [-0.15, -0.1) is 13.2 Å². The van der Waals surface area contributed by atoms with Crippen LogP contribution in [-0.2, 0) is 0 Å². The smallest absolute Gasteiger partial charge is 0.405 e. The van der Waals surface area contributed by atoms with Crippen LogP contribution in [0.5, 0.6) is 5.75 Å². The number of ether oxygens (including phenoxy) is 1. The van der Waals surface area contributed by atoms with Crippen molar-refractivity contribution >= 4 is 0 Å². The highest BCUT2D eigenvalue weighted by atomic mass is 19.4. The molecule has 18 heavy (non-hydrogen) atoms. The van der Waals surface area contributed by atoms with Gasteiger partial charge in [0.25, 0.3) is 0 Å². The number of aliphatic hydroxyl groups excluding tert-OH is 1. The summed E-state index contributed by atoms with van der Waals surface area (Å²) < 4.78 is 40.4. The molecule has 1 atom stereocenters. The van der Waals surface area contributed by atoms with E-state index in [9.17, 15) is 18.3 Å². The number of nitrogens with one attached hydrogen (secondary N) is 1. The summed E-state index contributed by atoms with van der Waals surface area (Å²) in [5.74, 6) is -0.472. The third-order valence-corrected chi connectivity index (χ3v) is 2.15. The van der Waals surface area contributed by atoms with E-state index in [1.165, 1.54) is 24.4 Å². The average Bonchev–Trinajstić information content (AvgIpc) is 2.80. The van der Waals surface area contributed by atoms with Gasteiger partial charge in [0.1, 0.15) is 17.5 Å². The van der Waals surface area contributed by atoms with E-state index in [-0.39, 0.29) is 11.3 Å².